The van der Waals surface area contributed by atoms with Crippen molar-refractivity contribution in [2.45, 2.75) is 31.2 Å². The summed E-state index contributed by atoms with van der Waals surface area (Å²) < 4.78 is 19.7. The Morgan fingerprint density at radius 1 is 1.50 bits per heavy atom. The summed E-state index contributed by atoms with van der Waals surface area (Å²) in [5.74, 6) is -0.502. The van der Waals surface area contributed by atoms with Crippen molar-refractivity contribution in [3.8, 4) is 6.07 Å². The fraction of sp³-hybridized carbons (Fsp3) is 0.529. The highest BCUT2D eigenvalue weighted by molar-refractivity contribution is 5.89. The smallest absolute Gasteiger partial charge is 0.338 e. The molecule has 1 aliphatic heterocycles. The molecule has 0 aromatic heterocycles. The molecule has 1 aromatic rings. The van der Waals surface area contributed by atoms with Crippen molar-refractivity contribution < 1.29 is 18.8 Å². The number of likely N-dealkylation sites (tertiary alicyclic amines) is 1. The number of carbonyl (C=O) groups excluding carboxylic acids is 1. The van der Waals surface area contributed by atoms with Crippen molar-refractivity contribution in [3.05, 3.63) is 35.9 Å². The van der Waals surface area contributed by atoms with Crippen LogP contribution in [-0.2, 0) is 9.57 Å². The lowest BCUT2D eigenvalue weighted by molar-refractivity contribution is -0.0561. The zero-order valence-electron chi connectivity index (χ0n) is 13.7. The number of carbonyl (C=O) groups is 1. The first-order valence-corrected chi connectivity index (χ1v) is 7.95. The minimum absolute atomic E-state index is 0.155. The third-order valence-corrected chi connectivity index (χ3v) is 3.90. The first-order chi connectivity index (χ1) is 11.6. The van der Waals surface area contributed by atoms with Crippen molar-refractivity contribution >= 4 is 5.97 Å². The van der Waals surface area contributed by atoms with Gasteiger partial charge in [-0.1, -0.05) is 18.2 Å². The number of hydroxylamine groups is 1. The number of nitrogens with one attached hydrogen (secondary N) is 1. The average molecular weight is 335 g/mol. The number of esters is 1. The van der Waals surface area contributed by atoms with Crippen LogP contribution in [0.15, 0.2) is 30.3 Å². The van der Waals surface area contributed by atoms with Crippen LogP contribution in [0.3, 0.4) is 0 Å². The number of ether oxygens (including phenoxy) is 1. The molecule has 2 rings (SSSR count). The first-order valence-electron chi connectivity index (χ1n) is 7.95. The number of benzene rings is 1. The first kappa shape index (κ1) is 18.3. The quantitative estimate of drug-likeness (QED) is 0.604. The maximum atomic E-state index is 14.4. The summed E-state index contributed by atoms with van der Waals surface area (Å²) >= 11 is 0. The molecule has 1 fully saturated rings. The number of hydrogen-bond donors (Lipinski definition) is 1. The summed E-state index contributed by atoms with van der Waals surface area (Å²) in [5.41, 5.74) is 2.99. The van der Waals surface area contributed by atoms with Crippen LogP contribution in [-0.4, -0.2) is 55.9 Å². The second-order valence-corrected chi connectivity index (χ2v) is 5.68. The molecule has 1 N–H and O–H groups in total. The second kappa shape index (κ2) is 9.33. The molecule has 0 saturated carbocycles. The van der Waals surface area contributed by atoms with Crippen LogP contribution in [0.1, 0.15) is 23.2 Å². The highest BCUT2D eigenvalue weighted by Crippen LogP contribution is 2.19. The number of halogens is 1. The van der Waals surface area contributed by atoms with Gasteiger partial charge in [-0.25, -0.2) is 14.7 Å². The fourth-order valence-corrected chi connectivity index (χ4v) is 2.72. The van der Waals surface area contributed by atoms with Gasteiger partial charge in [-0.3, -0.25) is 9.74 Å². The molecule has 1 aromatic carbocycles. The molecular weight excluding hydrogens is 313 g/mol. The largest absolute Gasteiger partial charge is 0.456 e. The van der Waals surface area contributed by atoms with Crippen molar-refractivity contribution in [1.82, 2.24) is 10.4 Å². The van der Waals surface area contributed by atoms with E-state index in [-0.39, 0.29) is 19.1 Å². The van der Waals surface area contributed by atoms with Crippen molar-refractivity contribution in [1.29, 1.82) is 5.26 Å². The number of nitriles is 1. The summed E-state index contributed by atoms with van der Waals surface area (Å²) in [4.78, 5) is 19.2. The Hall–Kier alpha value is -2.01. The normalized spacial score (nSPS) is 22.5. The third kappa shape index (κ3) is 5.27. The number of nitrogens with zero attached hydrogens (tertiary/aromatic N) is 2. The molecule has 3 unspecified atom stereocenters. The van der Waals surface area contributed by atoms with Crippen molar-refractivity contribution in [2.75, 3.05) is 26.7 Å². The van der Waals surface area contributed by atoms with Crippen LogP contribution in [0.25, 0.3) is 0 Å². The van der Waals surface area contributed by atoms with E-state index in [4.69, 9.17) is 14.8 Å². The summed E-state index contributed by atoms with van der Waals surface area (Å²) in [6.45, 7) is 1.19. The highest BCUT2D eigenvalue weighted by Gasteiger charge is 2.33. The third-order valence-electron chi connectivity index (χ3n) is 3.90. The number of piperidine rings is 1. The van der Waals surface area contributed by atoms with Gasteiger partial charge in [0.05, 0.1) is 18.1 Å². The highest BCUT2D eigenvalue weighted by atomic mass is 19.1. The molecule has 1 heterocycles. The maximum Gasteiger partial charge on any atom is 0.338 e. The SMILES string of the molecule is CNOC(CC#N)CN1CCC(OC(=O)c2ccccc2)C(F)C1. The van der Waals surface area contributed by atoms with E-state index in [1.54, 1.807) is 37.4 Å². The molecule has 1 saturated heterocycles. The van der Waals surface area contributed by atoms with Gasteiger partial charge in [-0.05, 0) is 12.1 Å². The Kier molecular flexibility index (Phi) is 7.12. The van der Waals surface area contributed by atoms with E-state index >= 15 is 0 Å². The maximum absolute atomic E-state index is 14.4. The summed E-state index contributed by atoms with van der Waals surface area (Å²) in [6, 6.07) is 10.6. The van der Waals surface area contributed by atoms with Gasteiger partial charge in [0.25, 0.3) is 0 Å². The minimum Gasteiger partial charge on any atom is -0.456 e. The number of rotatable bonds is 7. The average Bonchev–Trinajstić information content (AvgIpc) is 2.58. The molecular formula is C17H22FN3O3. The molecule has 0 bridgehead atoms. The van der Waals surface area contributed by atoms with Gasteiger partial charge in [0, 0.05) is 33.1 Å². The molecule has 0 aliphatic carbocycles. The summed E-state index contributed by atoms with van der Waals surface area (Å²) in [5, 5.41) is 8.79. The second-order valence-electron chi connectivity index (χ2n) is 5.68. The predicted molar refractivity (Wildman–Crippen MR) is 85.8 cm³/mol. The molecule has 130 valence electrons. The van der Waals surface area contributed by atoms with E-state index in [2.05, 4.69) is 11.5 Å². The monoisotopic (exact) mass is 335 g/mol. The van der Waals surface area contributed by atoms with E-state index in [9.17, 15) is 9.18 Å². The Bertz CT molecular complexity index is 564. The lowest BCUT2D eigenvalue weighted by Crippen LogP contribution is -2.49. The zero-order chi connectivity index (χ0) is 17.4. The van der Waals surface area contributed by atoms with Crippen LogP contribution >= 0.6 is 0 Å². The van der Waals surface area contributed by atoms with E-state index < -0.39 is 18.2 Å². The van der Waals surface area contributed by atoms with E-state index in [0.29, 0.717) is 25.1 Å². The van der Waals surface area contributed by atoms with Crippen LogP contribution in [0.5, 0.6) is 0 Å². The van der Waals surface area contributed by atoms with Gasteiger partial charge in [0.2, 0.25) is 0 Å². The van der Waals surface area contributed by atoms with Crippen LogP contribution in [0.2, 0.25) is 0 Å². The molecule has 24 heavy (non-hydrogen) atoms. The van der Waals surface area contributed by atoms with Gasteiger partial charge in [0.15, 0.2) is 0 Å². The Labute approximate surface area is 141 Å². The Balaban J connectivity index is 1.84. The lowest BCUT2D eigenvalue weighted by Gasteiger charge is -2.35. The molecule has 0 radical (unpaired) electrons. The number of hydrogen-bond acceptors (Lipinski definition) is 6. The molecule has 0 amide bonds. The molecule has 6 nitrogen and oxygen atoms in total. The minimum atomic E-state index is -1.26. The predicted octanol–water partition coefficient (Wildman–Crippen LogP) is 1.69. The molecule has 1 aliphatic rings. The fourth-order valence-electron chi connectivity index (χ4n) is 2.72. The van der Waals surface area contributed by atoms with Gasteiger partial charge in [-0.15, -0.1) is 0 Å². The number of alkyl halides is 1. The topological polar surface area (TPSA) is 74.6 Å². The van der Waals surface area contributed by atoms with Gasteiger partial charge in [0.1, 0.15) is 18.4 Å². The molecule has 7 heteroatoms. The van der Waals surface area contributed by atoms with E-state index in [1.807, 2.05) is 4.90 Å². The van der Waals surface area contributed by atoms with E-state index in [1.165, 1.54) is 0 Å². The standard InChI is InChI=1S/C17H22FN3O3/c1-20-24-14(7-9-19)11-21-10-8-16(15(18)12-21)23-17(22)13-5-3-2-4-6-13/h2-6,14-16,20H,7-8,10-12H2,1H3. The Morgan fingerprint density at radius 3 is 2.88 bits per heavy atom. The van der Waals surface area contributed by atoms with Gasteiger partial charge >= 0.3 is 5.97 Å². The van der Waals surface area contributed by atoms with Crippen LogP contribution in [0.4, 0.5) is 4.39 Å². The molecule has 3 atom stereocenters. The van der Waals surface area contributed by atoms with E-state index in [0.717, 1.165) is 0 Å². The lowest BCUT2D eigenvalue weighted by atomic mass is 10.0. The van der Waals surface area contributed by atoms with Crippen molar-refractivity contribution in [3.63, 3.8) is 0 Å². The summed E-state index contributed by atoms with van der Waals surface area (Å²) in [6.07, 6.45) is -1.69. The van der Waals surface area contributed by atoms with Gasteiger partial charge in [-0.2, -0.15) is 5.26 Å². The van der Waals surface area contributed by atoms with Crippen LogP contribution in [0, 0.1) is 11.3 Å². The molecule has 0 spiro atoms. The zero-order valence-corrected chi connectivity index (χ0v) is 13.7. The van der Waals surface area contributed by atoms with Crippen molar-refractivity contribution in [2.24, 2.45) is 0 Å². The van der Waals surface area contributed by atoms with Crippen LogP contribution < -0.4 is 5.48 Å². The Morgan fingerprint density at radius 2 is 2.25 bits per heavy atom. The van der Waals surface area contributed by atoms with Gasteiger partial charge < -0.3 is 4.74 Å². The summed E-state index contributed by atoms with van der Waals surface area (Å²) in [7, 11) is 1.62.